The molecule has 0 heterocycles. The predicted octanol–water partition coefficient (Wildman–Crippen LogP) is 18.8. The molecule has 0 rings (SSSR count). The minimum Gasteiger partial charge on any atom is -0.0654 e. The molecular weight excluding hydrogens is 620 g/mol. The third kappa shape index (κ3) is 38.2. The molecule has 0 aliphatic heterocycles. The van der Waals surface area contributed by atoms with Gasteiger partial charge < -0.3 is 0 Å². The molecule has 0 saturated carbocycles. The van der Waals surface area contributed by atoms with Crippen LogP contribution in [0.15, 0.2) is 0 Å². The first-order valence-corrected chi connectivity index (χ1v) is 27.6. The van der Waals surface area contributed by atoms with Crippen LogP contribution in [0.5, 0.6) is 0 Å². The fourth-order valence-corrected chi connectivity index (χ4v) is 14.4. The number of hydrogen-bond acceptors (Lipinski definition) is 0. The van der Waals surface area contributed by atoms with Crippen LogP contribution in [0.25, 0.3) is 0 Å². The van der Waals surface area contributed by atoms with Gasteiger partial charge in [0.25, 0.3) is 0 Å². The van der Waals surface area contributed by atoms with Gasteiger partial charge in [-0.1, -0.05) is 40.0 Å². The summed E-state index contributed by atoms with van der Waals surface area (Å²) in [6, 6.07) is 0. The van der Waals surface area contributed by atoms with Gasteiger partial charge in [0, 0.05) is 0 Å². The van der Waals surface area contributed by atoms with Gasteiger partial charge in [-0.2, -0.15) is 0 Å². The van der Waals surface area contributed by atoms with Gasteiger partial charge in [-0.3, -0.25) is 0 Å². The first-order chi connectivity index (χ1) is 24.7. The Kier molecular flexibility index (Phi) is 44.2. The van der Waals surface area contributed by atoms with Gasteiger partial charge >= 0.3 is 283 Å². The summed E-state index contributed by atoms with van der Waals surface area (Å²) in [5.74, 6) is 0. The van der Waals surface area contributed by atoms with Crippen LogP contribution in [0.3, 0.4) is 0 Å². The van der Waals surface area contributed by atoms with E-state index in [-0.39, 0.29) is 0 Å². The monoisotopic (exact) mass is 723 g/mol. The second-order valence-electron chi connectivity index (χ2n) is 17.6. The van der Waals surface area contributed by atoms with E-state index < -0.39 is 7.26 Å². The normalized spacial score (nSPS) is 12.3. The van der Waals surface area contributed by atoms with E-state index in [9.17, 15) is 0 Å². The molecule has 1 heteroatoms. The SMILES string of the molecule is CCCCCCCCCCCCCC[PH](CCCCCCC)(CCCCCCCCCCCCCC)CCCCCCCCCCCCCC. The van der Waals surface area contributed by atoms with Crippen LogP contribution in [0.4, 0.5) is 0 Å². The van der Waals surface area contributed by atoms with Crippen molar-refractivity contribution in [2.24, 2.45) is 0 Å². The van der Waals surface area contributed by atoms with Crippen molar-refractivity contribution in [3.05, 3.63) is 0 Å². The summed E-state index contributed by atoms with van der Waals surface area (Å²) in [4.78, 5) is 0. The van der Waals surface area contributed by atoms with Gasteiger partial charge in [-0.15, -0.1) is 0 Å². The maximum atomic E-state index is 2.38. The molecule has 0 unspecified atom stereocenters. The van der Waals surface area contributed by atoms with Crippen LogP contribution in [0.1, 0.15) is 291 Å². The molecule has 0 spiro atoms. The summed E-state index contributed by atoms with van der Waals surface area (Å²) >= 11 is 0. The number of hydrogen-bond donors (Lipinski definition) is 0. The summed E-state index contributed by atoms with van der Waals surface area (Å²) in [7, 11) is -1.15. The molecule has 0 saturated heterocycles. The van der Waals surface area contributed by atoms with Gasteiger partial charge in [-0.05, 0) is 0 Å². The molecule has 0 aliphatic rings. The van der Waals surface area contributed by atoms with Gasteiger partial charge in [0.05, 0.1) is 0 Å². The quantitative estimate of drug-likeness (QED) is 0.0434. The molecule has 0 amide bonds. The maximum absolute atomic E-state index is 2.38. The van der Waals surface area contributed by atoms with Crippen molar-refractivity contribution in [3.8, 4) is 0 Å². The van der Waals surface area contributed by atoms with Crippen LogP contribution in [-0.4, -0.2) is 24.6 Å². The Morgan fingerprint density at radius 1 is 0.160 bits per heavy atom. The summed E-state index contributed by atoms with van der Waals surface area (Å²) in [6.45, 7) is 9.38. The van der Waals surface area contributed by atoms with Crippen molar-refractivity contribution in [2.45, 2.75) is 291 Å². The molecule has 0 atom stereocenters. The average molecular weight is 723 g/mol. The zero-order valence-electron chi connectivity index (χ0n) is 36.3. The van der Waals surface area contributed by atoms with Crippen molar-refractivity contribution < 1.29 is 0 Å². The van der Waals surface area contributed by atoms with Crippen LogP contribution in [0, 0.1) is 0 Å². The average Bonchev–Trinajstić information content (AvgIpc) is 3.12. The second-order valence-corrected chi connectivity index (χ2v) is 22.6. The second kappa shape index (κ2) is 43.8. The standard InChI is InChI=1S/C49H103P/c1-5-9-13-17-20-23-26-29-32-35-39-43-47-50(46-42-38-16-12-8-4,48-44-40-36-33-30-27-24-21-18-14-10-6-2)49-45-41-37-34-31-28-25-22-19-15-11-7-3/h50H,5-49H2,1-4H3. The van der Waals surface area contributed by atoms with Crippen molar-refractivity contribution in [2.75, 3.05) is 24.6 Å². The first-order valence-electron chi connectivity index (χ1n) is 24.7. The van der Waals surface area contributed by atoms with Gasteiger partial charge in [0.2, 0.25) is 0 Å². The summed E-state index contributed by atoms with van der Waals surface area (Å²) < 4.78 is 0. The molecule has 0 aliphatic carbocycles. The Hall–Kier alpha value is 0.430. The molecular formula is C49H103P. The molecule has 50 heavy (non-hydrogen) atoms. The molecule has 0 nitrogen and oxygen atoms in total. The third-order valence-corrected chi connectivity index (χ3v) is 18.1. The summed E-state index contributed by atoms with van der Waals surface area (Å²) in [6.07, 6.45) is 68.0. The Labute approximate surface area is 321 Å². The minimum atomic E-state index is -1.15. The van der Waals surface area contributed by atoms with E-state index >= 15 is 0 Å². The van der Waals surface area contributed by atoms with Crippen molar-refractivity contribution in [1.82, 2.24) is 0 Å². The molecule has 0 N–H and O–H groups in total. The minimum absolute atomic E-state index is 1.15. The van der Waals surface area contributed by atoms with E-state index in [1.807, 2.05) is 0 Å². The first kappa shape index (κ1) is 50.4. The van der Waals surface area contributed by atoms with E-state index in [1.54, 1.807) is 50.3 Å². The van der Waals surface area contributed by atoms with Crippen LogP contribution < -0.4 is 0 Å². The Balaban J connectivity index is 4.69. The van der Waals surface area contributed by atoms with E-state index in [0.717, 1.165) is 0 Å². The number of unbranched alkanes of at least 4 members (excludes halogenated alkanes) is 37. The van der Waals surface area contributed by atoms with E-state index in [2.05, 4.69) is 27.7 Å². The Bertz CT molecular complexity index is 514. The van der Waals surface area contributed by atoms with E-state index in [0.29, 0.717) is 0 Å². The fourth-order valence-electron chi connectivity index (χ4n) is 8.88. The molecule has 0 fully saturated rings. The van der Waals surface area contributed by atoms with Crippen molar-refractivity contribution in [1.29, 1.82) is 0 Å². The molecule has 0 radical (unpaired) electrons. The van der Waals surface area contributed by atoms with Gasteiger partial charge in [-0.25, -0.2) is 0 Å². The molecule has 0 aromatic carbocycles. The van der Waals surface area contributed by atoms with E-state index in [4.69, 9.17) is 0 Å². The van der Waals surface area contributed by atoms with Crippen molar-refractivity contribution in [3.63, 3.8) is 0 Å². The number of rotatable bonds is 45. The molecule has 0 aromatic rings. The van der Waals surface area contributed by atoms with Gasteiger partial charge in [0.15, 0.2) is 0 Å². The zero-order chi connectivity index (χ0) is 36.3. The molecule has 304 valence electrons. The predicted molar refractivity (Wildman–Crippen MR) is 240 cm³/mol. The Morgan fingerprint density at radius 2 is 0.280 bits per heavy atom. The fraction of sp³-hybridized carbons (Fsp3) is 1.00. The molecule has 0 aromatic heterocycles. The summed E-state index contributed by atoms with van der Waals surface area (Å²) in [5.41, 5.74) is 0. The third-order valence-electron chi connectivity index (χ3n) is 12.5. The van der Waals surface area contributed by atoms with Crippen molar-refractivity contribution >= 4 is 7.26 Å². The smallest absolute Gasteiger partial charge is 0.0654 e. The van der Waals surface area contributed by atoms with E-state index in [1.165, 1.54) is 238 Å². The van der Waals surface area contributed by atoms with Crippen LogP contribution in [0.2, 0.25) is 0 Å². The topological polar surface area (TPSA) is 0 Å². The Morgan fingerprint density at radius 3 is 0.420 bits per heavy atom. The van der Waals surface area contributed by atoms with Crippen LogP contribution in [-0.2, 0) is 0 Å². The van der Waals surface area contributed by atoms with Crippen LogP contribution >= 0.6 is 7.26 Å². The molecule has 0 bridgehead atoms. The summed E-state index contributed by atoms with van der Waals surface area (Å²) in [5, 5.41) is 0. The zero-order valence-corrected chi connectivity index (χ0v) is 37.3. The van der Waals surface area contributed by atoms with Gasteiger partial charge in [0.1, 0.15) is 0 Å².